The minimum atomic E-state index is -10.7. The Morgan fingerprint density at radius 3 is 1.87 bits per heavy atom. The molecule has 7 heteroatoms. The van der Waals surface area contributed by atoms with Crippen LogP contribution in [0.1, 0.15) is 5.56 Å². The number of hydrogen-bond acceptors (Lipinski definition) is 0. The molecule has 0 aliphatic carbocycles. The van der Waals surface area contributed by atoms with E-state index in [1.165, 1.54) is 5.56 Å². The molecule has 0 saturated carbocycles. The maximum atomic E-state index is 9.87. The Hall–Kier alpha value is -0.900. The molecular weight excluding hydrogens is 241 g/mol. The topological polar surface area (TPSA) is 0 Å². The second-order valence-electron chi connectivity index (χ2n) is 2.81. The molecule has 0 aromatic heterocycles. The van der Waals surface area contributed by atoms with Crippen LogP contribution in [0.25, 0.3) is 0 Å². The van der Waals surface area contributed by atoms with Crippen molar-refractivity contribution in [3.8, 4) is 0 Å². The Bertz CT molecular complexity index is 302. The fourth-order valence-corrected chi connectivity index (χ4v) is 0.599. The predicted molar refractivity (Wildman–Crippen MR) is 49.2 cm³/mol. The Morgan fingerprint density at radius 2 is 1.40 bits per heavy atom. The number of hydrogen-bond donors (Lipinski definition) is 0. The zero-order chi connectivity index (χ0) is 12.2. The molecule has 0 aliphatic rings. The van der Waals surface area contributed by atoms with Gasteiger partial charge in [-0.3, -0.25) is 0 Å². The van der Waals surface area contributed by atoms with Crippen LogP contribution in [0.15, 0.2) is 36.4 Å². The summed E-state index contributed by atoms with van der Waals surface area (Å²) in [5.74, 6) is 0. The molecule has 0 N–H and O–H groups in total. The second-order valence-corrected chi connectivity index (χ2v) is 4.72. The molecule has 88 valence electrons. The van der Waals surface area contributed by atoms with Crippen LogP contribution in [0, 0.1) is 6.92 Å². The van der Waals surface area contributed by atoms with Crippen LogP contribution < -0.4 is 0 Å². The number of aryl methyl sites for hydroxylation is 1. The average molecular weight is 250 g/mol. The molecule has 15 heavy (non-hydrogen) atoms. The Labute approximate surface area is 82.8 Å². The molecule has 0 radical (unpaired) electrons. The van der Waals surface area contributed by atoms with Crippen LogP contribution in [0.4, 0.5) is 25.2 Å². The first-order valence-electron chi connectivity index (χ1n) is 3.76. The van der Waals surface area contributed by atoms with Gasteiger partial charge in [0.25, 0.3) is 0 Å². The van der Waals surface area contributed by atoms with Crippen molar-refractivity contribution in [2.45, 2.75) is 6.92 Å². The van der Waals surface area contributed by atoms with Gasteiger partial charge in [0.15, 0.2) is 0 Å². The van der Waals surface area contributed by atoms with Gasteiger partial charge in [0.1, 0.15) is 0 Å². The van der Waals surface area contributed by atoms with Crippen molar-refractivity contribution in [1.29, 1.82) is 0 Å². The maximum absolute atomic E-state index is 10.7. The van der Waals surface area contributed by atoms with E-state index >= 15 is 0 Å². The van der Waals surface area contributed by atoms with Gasteiger partial charge in [-0.2, -0.15) is 0 Å². The summed E-state index contributed by atoms with van der Waals surface area (Å²) in [5.41, 5.74) is 1.30. The number of rotatable bonds is 0. The minimum absolute atomic E-state index is 1.30. The third kappa shape index (κ3) is 24.6. The first-order valence-corrected chi connectivity index (χ1v) is 5.79. The Morgan fingerprint density at radius 1 is 0.933 bits per heavy atom. The van der Waals surface area contributed by atoms with Crippen LogP contribution in [0.5, 0.6) is 0 Å². The van der Waals surface area contributed by atoms with Gasteiger partial charge < -0.3 is 0 Å². The van der Waals surface area contributed by atoms with E-state index in [0.717, 1.165) is 0 Å². The summed E-state index contributed by atoms with van der Waals surface area (Å²) in [6.45, 7) is 2.08. The van der Waals surface area contributed by atoms with Crippen molar-refractivity contribution in [2.24, 2.45) is 0 Å². The average Bonchev–Trinajstić information content (AvgIpc) is 2.08. The van der Waals surface area contributed by atoms with Gasteiger partial charge in [-0.05, 0) is 6.92 Å². The monoisotopic (exact) mass is 250 g/mol. The fourth-order valence-electron chi connectivity index (χ4n) is 0.599. The van der Waals surface area contributed by atoms with Crippen molar-refractivity contribution in [1.82, 2.24) is 0 Å². The molecule has 1 aromatic carbocycles. The first-order chi connectivity index (χ1) is 6.34. The standard InChI is InChI=1S/C8H9.F6P/c1-8-6-4-2-3-5-7-8;1-7(2,3,4,5)6/h2-7H,1H3;/q+1;-1. The molecule has 0 unspecified atom stereocenters. The van der Waals surface area contributed by atoms with Gasteiger partial charge in [0.2, 0.25) is 0 Å². The Kier molecular flexibility index (Phi) is 3.38. The third-order valence-corrected chi connectivity index (χ3v) is 1.05. The second kappa shape index (κ2) is 3.59. The summed E-state index contributed by atoms with van der Waals surface area (Å²) in [5, 5.41) is 0. The van der Waals surface area contributed by atoms with Crippen molar-refractivity contribution < 1.29 is 25.2 Å². The molecule has 0 spiro atoms. The molecule has 0 heterocycles. The molecule has 0 aliphatic heterocycles. The van der Waals surface area contributed by atoms with E-state index in [4.69, 9.17) is 0 Å². The Balaban J connectivity index is 0.000000265. The van der Waals surface area contributed by atoms with E-state index in [0.29, 0.717) is 0 Å². The van der Waals surface area contributed by atoms with E-state index in [2.05, 4.69) is 19.1 Å². The third-order valence-electron chi connectivity index (χ3n) is 1.05. The van der Waals surface area contributed by atoms with Crippen molar-refractivity contribution in [3.05, 3.63) is 42.0 Å². The molecule has 0 atom stereocenters. The summed E-state index contributed by atoms with van der Waals surface area (Å²) in [6, 6.07) is 12.3. The van der Waals surface area contributed by atoms with Crippen LogP contribution in [-0.2, 0) is 0 Å². The normalized spacial score (nSPS) is 15.4. The molecule has 0 fully saturated rings. The molecule has 1 aromatic rings. The first kappa shape index (κ1) is 14.1. The molecule has 0 bridgehead atoms. The van der Waals surface area contributed by atoms with Crippen LogP contribution in [0.3, 0.4) is 0 Å². The summed E-state index contributed by atoms with van der Waals surface area (Å²) in [4.78, 5) is 0. The fraction of sp³-hybridized carbons (Fsp3) is 0.125. The summed E-state index contributed by atoms with van der Waals surface area (Å²) >= 11 is 0. The molecular formula is C8H9F6P. The van der Waals surface area contributed by atoms with Crippen molar-refractivity contribution >= 4 is 7.81 Å². The molecule has 1 rings (SSSR count). The van der Waals surface area contributed by atoms with E-state index < -0.39 is 7.81 Å². The summed E-state index contributed by atoms with van der Waals surface area (Å²) < 4.78 is 59.2. The molecule has 0 saturated heterocycles. The quantitative estimate of drug-likeness (QED) is 0.316. The van der Waals surface area contributed by atoms with Crippen LogP contribution in [0.2, 0.25) is 0 Å². The predicted octanol–water partition coefficient (Wildman–Crippen LogP) is 5.66. The molecule has 0 nitrogen and oxygen atoms in total. The van der Waals surface area contributed by atoms with Gasteiger partial charge in [-0.25, -0.2) is 0 Å². The van der Waals surface area contributed by atoms with Gasteiger partial charge in [-0.15, -0.1) is 0 Å². The van der Waals surface area contributed by atoms with Gasteiger partial charge >= 0.3 is 33.0 Å². The van der Waals surface area contributed by atoms with Crippen molar-refractivity contribution in [3.63, 3.8) is 0 Å². The van der Waals surface area contributed by atoms with E-state index in [1.807, 2.05) is 24.3 Å². The van der Waals surface area contributed by atoms with Crippen molar-refractivity contribution in [2.75, 3.05) is 0 Å². The number of halogens is 6. The van der Waals surface area contributed by atoms with Crippen LogP contribution in [-0.4, -0.2) is 0 Å². The van der Waals surface area contributed by atoms with E-state index in [9.17, 15) is 25.2 Å². The van der Waals surface area contributed by atoms with E-state index in [-0.39, 0.29) is 0 Å². The van der Waals surface area contributed by atoms with Gasteiger partial charge in [0, 0.05) is 42.0 Å². The summed E-state index contributed by atoms with van der Waals surface area (Å²) in [7, 11) is -10.7. The zero-order valence-electron chi connectivity index (χ0n) is 7.68. The van der Waals surface area contributed by atoms with Gasteiger partial charge in [0.05, 0.1) is 0 Å². The zero-order valence-corrected chi connectivity index (χ0v) is 8.57. The van der Waals surface area contributed by atoms with Gasteiger partial charge in [-0.1, -0.05) is 0 Å². The molecule has 0 amide bonds. The van der Waals surface area contributed by atoms with Crippen LogP contribution >= 0.6 is 7.81 Å². The SMILES string of the molecule is Cc1ccc[cH+]cc1.F[P-](F)(F)(F)(F)F. The van der Waals surface area contributed by atoms with E-state index in [1.54, 1.807) is 0 Å². The summed E-state index contributed by atoms with van der Waals surface area (Å²) in [6.07, 6.45) is 0.